The third-order valence-corrected chi connectivity index (χ3v) is 7.61. The molecule has 26 heavy (non-hydrogen) atoms. The Hall–Kier alpha value is -2.26. The van der Waals surface area contributed by atoms with E-state index in [0.29, 0.717) is 29.1 Å². The lowest BCUT2D eigenvalue weighted by Crippen LogP contribution is -2.40. The fourth-order valence-electron chi connectivity index (χ4n) is 6.32. The van der Waals surface area contributed by atoms with Crippen molar-refractivity contribution in [1.29, 1.82) is 10.5 Å². The highest BCUT2D eigenvalue weighted by atomic mass is 16.3. The fourth-order valence-corrected chi connectivity index (χ4v) is 6.32. The summed E-state index contributed by atoms with van der Waals surface area (Å²) >= 11 is 0. The van der Waals surface area contributed by atoms with Gasteiger partial charge in [-0.25, -0.2) is 0 Å². The molecule has 3 nitrogen and oxygen atoms in total. The van der Waals surface area contributed by atoms with Gasteiger partial charge in [-0.05, 0) is 96.4 Å². The predicted molar refractivity (Wildman–Crippen MR) is 100 cm³/mol. The Morgan fingerprint density at radius 3 is 2.65 bits per heavy atom. The number of hydrogen-bond acceptors (Lipinski definition) is 3. The highest BCUT2D eigenvalue weighted by Crippen LogP contribution is 2.63. The van der Waals surface area contributed by atoms with E-state index in [9.17, 15) is 15.6 Å². The quantitative estimate of drug-likeness (QED) is 0.715. The van der Waals surface area contributed by atoms with Crippen LogP contribution < -0.4 is 0 Å². The number of allylic oxidation sites excluding steroid dienone is 2. The molecule has 0 radical (unpaired) electrons. The first kappa shape index (κ1) is 17.2. The number of nitriles is 2. The zero-order valence-electron chi connectivity index (χ0n) is 15.7. The number of hydrogen-bond donors (Lipinski definition) is 1. The maximum absolute atomic E-state index is 10.2. The molecule has 0 aromatic heterocycles. The van der Waals surface area contributed by atoms with Crippen molar-refractivity contribution in [2.45, 2.75) is 64.7 Å². The standard InChI is InChI=1S/C23H26N2O/c1-3-14-10-19-15(11-22(14)26)4-5-18-17(19)8-9-23(2)20(6-7-21(18)23)16(12-24)13-25/h10-11,17-18,21,26H,3-9H2,1-2H3/t17-,18+,21-,23+/m0/s1. The monoisotopic (exact) mass is 346 g/mol. The molecule has 3 aliphatic carbocycles. The van der Waals surface area contributed by atoms with Gasteiger partial charge in [-0.15, -0.1) is 0 Å². The van der Waals surface area contributed by atoms with Crippen LogP contribution >= 0.6 is 0 Å². The number of aromatic hydroxyl groups is 1. The average molecular weight is 346 g/mol. The molecule has 0 bridgehead atoms. The summed E-state index contributed by atoms with van der Waals surface area (Å²) in [6.07, 6.45) is 7.23. The molecule has 0 spiro atoms. The van der Waals surface area contributed by atoms with Crippen LogP contribution in [0.3, 0.4) is 0 Å². The van der Waals surface area contributed by atoms with Crippen molar-refractivity contribution in [3.05, 3.63) is 40.0 Å². The molecule has 4 rings (SSSR count). The van der Waals surface area contributed by atoms with Crippen LogP contribution in [0.2, 0.25) is 0 Å². The number of phenols is 1. The minimum atomic E-state index is 0.0178. The van der Waals surface area contributed by atoms with Crippen LogP contribution in [0.25, 0.3) is 0 Å². The second-order valence-electron chi connectivity index (χ2n) is 8.52. The smallest absolute Gasteiger partial charge is 0.129 e. The molecule has 0 amide bonds. The maximum atomic E-state index is 10.2. The van der Waals surface area contributed by atoms with E-state index in [1.54, 1.807) is 0 Å². The van der Waals surface area contributed by atoms with Crippen molar-refractivity contribution in [1.82, 2.24) is 0 Å². The first-order valence-electron chi connectivity index (χ1n) is 9.92. The van der Waals surface area contributed by atoms with E-state index in [-0.39, 0.29) is 5.41 Å². The van der Waals surface area contributed by atoms with Crippen molar-refractivity contribution < 1.29 is 5.11 Å². The second-order valence-corrected chi connectivity index (χ2v) is 8.52. The second kappa shape index (κ2) is 6.17. The summed E-state index contributed by atoms with van der Waals surface area (Å²) in [7, 11) is 0. The summed E-state index contributed by atoms with van der Waals surface area (Å²) < 4.78 is 0. The number of rotatable bonds is 1. The van der Waals surface area contributed by atoms with E-state index in [2.05, 4.69) is 32.1 Å². The van der Waals surface area contributed by atoms with Gasteiger partial charge in [0.1, 0.15) is 23.5 Å². The van der Waals surface area contributed by atoms with Crippen LogP contribution in [0, 0.1) is 39.9 Å². The summed E-state index contributed by atoms with van der Waals surface area (Å²) in [4.78, 5) is 0. The third-order valence-electron chi connectivity index (χ3n) is 7.61. The molecular weight excluding hydrogens is 320 g/mol. The third kappa shape index (κ3) is 2.30. The molecule has 0 unspecified atom stereocenters. The fraction of sp³-hybridized carbons (Fsp3) is 0.565. The molecule has 2 saturated carbocycles. The molecule has 4 atom stereocenters. The van der Waals surface area contributed by atoms with Gasteiger partial charge in [0, 0.05) is 0 Å². The number of aryl methyl sites for hydroxylation is 2. The number of fused-ring (bicyclic) bond motifs is 5. The largest absolute Gasteiger partial charge is 0.508 e. The number of benzene rings is 1. The molecule has 1 N–H and O–H groups in total. The molecule has 2 fully saturated rings. The molecular formula is C23H26N2O. The highest BCUT2D eigenvalue weighted by molar-refractivity contribution is 5.48. The van der Waals surface area contributed by atoms with Crippen LogP contribution in [0.15, 0.2) is 23.3 Å². The van der Waals surface area contributed by atoms with Crippen molar-refractivity contribution in [3.63, 3.8) is 0 Å². The van der Waals surface area contributed by atoms with Gasteiger partial charge in [0.05, 0.1) is 0 Å². The molecule has 0 aliphatic heterocycles. The van der Waals surface area contributed by atoms with E-state index in [1.807, 2.05) is 6.07 Å². The first-order valence-corrected chi connectivity index (χ1v) is 9.92. The van der Waals surface area contributed by atoms with E-state index < -0.39 is 0 Å². The molecule has 3 aliphatic rings. The average Bonchev–Trinajstić information content (AvgIpc) is 2.99. The SMILES string of the molecule is CCc1cc2c(cc1O)CC[C@@H]1[C@@H]2CC[C@]2(C)C(=C(C#N)C#N)CC[C@@H]12. The van der Waals surface area contributed by atoms with Crippen molar-refractivity contribution >= 4 is 0 Å². The zero-order chi connectivity index (χ0) is 18.5. The molecule has 3 heteroatoms. The summed E-state index contributed by atoms with van der Waals surface area (Å²) in [5.74, 6) is 2.21. The highest BCUT2D eigenvalue weighted by Gasteiger charge is 2.53. The van der Waals surface area contributed by atoms with Crippen LogP contribution in [-0.2, 0) is 12.8 Å². The normalized spacial score (nSPS) is 32.0. The van der Waals surface area contributed by atoms with Gasteiger partial charge in [0.15, 0.2) is 0 Å². The topological polar surface area (TPSA) is 67.8 Å². The zero-order valence-corrected chi connectivity index (χ0v) is 15.7. The molecule has 134 valence electrons. The number of phenolic OH excluding ortho intramolecular Hbond substituents is 1. The Bertz CT molecular complexity index is 853. The van der Waals surface area contributed by atoms with Crippen LogP contribution in [0.1, 0.15) is 68.6 Å². The van der Waals surface area contributed by atoms with Crippen LogP contribution in [0.5, 0.6) is 5.75 Å². The molecule has 1 aromatic rings. The lowest BCUT2D eigenvalue weighted by molar-refractivity contribution is 0.0811. The van der Waals surface area contributed by atoms with Crippen molar-refractivity contribution in [2.75, 3.05) is 0 Å². The summed E-state index contributed by atoms with van der Waals surface area (Å²) in [6, 6.07) is 8.56. The summed E-state index contributed by atoms with van der Waals surface area (Å²) in [6.45, 7) is 4.40. The molecule has 0 heterocycles. The maximum Gasteiger partial charge on any atom is 0.129 e. The van der Waals surface area contributed by atoms with Crippen molar-refractivity contribution in [2.24, 2.45) is 17.3 Å². The van der Waals surface area contributed by atoms with Crippen LogP contribution in [0.4, 0.5) is 0 Å². The Balaban J connectivity index is 1.74. The minimum absolute atomic E-state index is 0.0178. The Morgan fingerprint density at radius 1 is 1.19 bits per heavy atom. The Morgan fingerprint density at radius 2 is 1.96 bits per heavy atom. The van der Waals surface area contributed by atoms with Gasteiger partial charge < -0.3 is 5.11 Å². The minimum Gasteiger partial charge on any atom is -0.508 e. The van der Waals surface area contributed by atoms with E-state index >= 15 is 0 Å². The van der Waals surface area contributed by atoms with Gasteiger partial charge >= 0.3 is 0 Å². The summed E-state index contributed by atoms with van der Waals surface area (Å²) in [5.41, 5.74) is 5.34. The summed E-state index contributed by atoms with van der Waals surface area (Å²) in [5, 5.41) is 29.0. The number of nitrogens with zero attached hydrogens (tertiary/aromatic N) is 2. The Labute approximate surface area is 156 Å². The van der Waals surface area contributed by atoms with E-state index in [0.717, 1.165) is 56.1 Å². The predicted octanol–water partition coefficient (Wildman–Crippen LogP) is 5.15. The molecule has 1 aromatic carbocycles. The lowest BCUT2D eigenvalue weighted by Gasteiger charge is -2.49. The van der Waals surface area contributed by atoms with Crippen molar-refractivity contribution in [3.8, 4) is 17.9 Å². The van der Waals surface area contributed by atoms with E-state index in [1.165, 1.54) is 11.1 Å². The van der Waals surface area contributed by atoms with Gasteiger partial charge in [-0.1, -0.05) is 19.9 Å². The van der Waals surface area contributed by atoms with Gasteiger partial charge in [0.25, 0.3) is 0 Å². The molecule has 0 saturated heterocycles. The van der Waals surface area contributed by atoms with Gasteiger partial charge in [0.2, 0.25) is 0 Å². The first-order chi connectivity index (χ1) is 12.5. The lowest BCUT2D eigenvalue weighted by atomic mass is 9.55. The van der Waals surface area contributed by atoms with E-state index in [4.69, 9.17) is 0 Å². The van der Waals surface area contributed by atoms with Gasteiger partial charge in [-0.3, -0.25) is 0 Å². The Kier molecular flexibility index (Phi) is 4.07. The van der Waals surface area contributed by atoms with Gasteiger partial charge in [-0.2, -0.15) is 10.5 Å². The van der Waals surface area contributed by atoms with Crippen LogP contribution in [-0.4, -0.2) is 5.11 Å².